The van der Waals surface area contributed by atoms with E-state index in [2.05, 4.69) is 10.9 Å². The van der Waals surface area contributed by atoms with Gasteiger partial charge < -0.3 is 9.47 Å². The highest BCUT2D eigenvalue weighted by Crippen LogP contribution is 2.52. The zero-order valence-corrected chi connectivity index (χ0v) is 10.5. The van der Waals surface area contributed by atoms with Gasteiger partial charge in [-0.1, -0.05) is 5.92 Å². The van der Waals surface area contributed by atoms with E-state index in [1.165, 1.54) is 0 Å². The van der Waals surface area contributed by atoms with Gasteiger partial charge in [-0.15, -0.1) is 6.42 Å². The van der Waals surface area contributed by atoms with E-state index in [-0.39, 0.29) is 5.41 Å². The van der Waals surface area contributed by atoms with Crippen LogP contribution < -0.4 is 4.74 Å². The summed E-state index contributed by atoms with van der Waals surface area (Å²) in [5.41, 5.74) is 2.85. The quantitative estimate of drug-likeness (QED) is 0.744. The lowest BCUT2D eigenvalue weighted by Gasteiger charge is -2.19. The fourth-order valence-electron chi connectivity index (χ4n) is 2.26. The highest BCUT2D eigenvalue weighted by atomic mass is 16.5. The van der Waals surface area contributed by atoms with Crippen molar-refractivity contribution >= 4 is 0 Å². The van der Waals surface area contributed by atoms with Crippen LogP contribution in [0.5, 0.6) is 5.75 Å². The first kappa shape index (κ1) is 11.9. The summed E-state index contributed by atoms with van der Waals surface area (Å²) in [6.07, 6.45) is 9.54. The van der Waals surface area contributed by atoms with E-state index >= 15 is 0 Å². The van der Waals surface area contributed by atoms with Crippen molar-refractivity contribution in [2.75, 3.05) is 14.2 Å². The van der Waals surface area contributed by atoms with Crippen LogP contribution in [0, 0.1) is 19.3 Å². The monoisotopic (exact) mass is 231 g/mol. The first-order chi connectivity index (χ1) is 8.18. The molecule has 1 fully saturated rings. The van der Waals surface area contributed by atoms with E-state index in [0.717, 1.165) is 35.4 Å². The SMILES string of the molecule is C#CC1(c2c(COC)cnc(C)c2OC)CC1. The Balaban J connectivity index is 2.59. The largest absolute Gasteiger partial charge is 0.494 e. The van der Waals surface area contributed by atoms with Crippen molar-refractivity contribution in [3.8, 4) is 18.1 Å². The smallest absolute Gasteiger partial charge is 0.145 e. The van der Waals surface area contributed by atoms with Gasteiger partial charge >= 0.3 is 0 Å². The van der Waals surface area contributed by atoms with Gasteiger partial charge in [0.1, 0.15) is 5.75 Å². The second-order valence-corrected chi connectivity index (χ2v) is 4.44. The van der Waals surface area contributed by atoms with Crippen molar-refractivity contribution in [1.29, 1.82) is 0 Å². The molecular weight excluding hydrogens is 214 g/mol. The Bertz CT molecular complexity index is 470. The number of hydrogen-bond acceptors (Lipinski definition) is 3. The van der Waals surface area contributed by atoms with E-state index in [9.17, 15) is 0 Å². The maximum absolute atomic E-state index is 5.67. The number of aryl methyl sites for hydroxylation is 1. The van der Waals surface area contributed by atoms with Gasteiger partial charge in [0.2, 0.25) is 0 Å². The van der Waals surface area contributed by atoms with E-state index in [0.29, 0.717) is 6.61 Å². The van der Waals surface area contributed by atoms with Crippen LogP contribution in [0.1, 0.15) is 29.7 Å². The van der Waals surface area contributed by atoms with E-state index in [1.54, 1.807) is 14.2 Å². The van der Waals surface area contributed by atoms with Gasteiger partial charge in [0.15, 0.2) is 0 Å². The summed E-state index contributed by atoms with van der Waals surface area (Å²) >= 11 is 0. The molecule has 90 valence electrons. The van der Waals surface area contributed by atoms with Crippen LogP contribution in [-0.2, 0) is 16.8 Å². The van der Waals surface area contributed by atoms with E-state index < -0.39 is 0 Å². The maximum Gasteiger partial charge on any atom is 0.145 e. The molecule has 0 atom stereocenters. The minimum absolute atomic E-state index is 0.160. The molecule has 1 saturated carbocycles. The molecule has 0 N–H and O–H groups in total. The molecule has 3 nitrogen and oxygen atoms in total. The Hall–Kier alpha value is -1.53. The molecule has 1 aliphatic rings. The van der Waals surface area contributed by atoms with Gasteiger partial charge in [0.05, 0.1) is 24.8 Å². The van der Waals surface area contributed by atoms with Gasteiger partial charge in [0, 0.05) is 24.4 Å². The molecule has 0 bridgehead atoms. The van der Waals surface area contributed by atoms with Crippen molar-refractivity contribution in [3.63, 3.8) is 0 Å². The molecule has 0 amide bonds. The standard InChI is InChI=1S/C14H17NO2/c1-5-14(6-7-14)12-11(9-16-3)8-15-10(2)13(12)17-4/h1,8H,6-7,9H2,2-4H3. The van der Waals surface area contributed by atoms with Crippen LogP contribution in [0.4, 0.5) is 0 Å². The lowest BCUT2D eigenvalue weighted by molar-refractivity contribution is 0.183. The molecule has 1 aromatic heterocycles. The van der Waals surface area contributed by atoms with Crippen LogP contribution in [0.3, 0.4) is 0 Å². The molecular formula is C14H17NO2. The van der Waals surface area contributed by atoms with Gasteiger partial charge in [-0.05, 0) is 19.8 Å². The molecule has 0 spiro atoms. The van der Waals surface area contributed by atoms with Crippen LogP contribution in [-0.4, -0.2) is 19.2 Å². The summed E-state index contributed by atoms with van der Waals surface area (Å²) in [6, 6.07) is 0. The molecule has 1 heterocycles. The van der Waals surface area contributed by atoms with Gasteiger partial charge in [-0.25, -0.2) is 0 Å². The molecule has 2 rings (SSSR count). The number of nitrogens with zero attached hydrogens (tertiary/aromatic N) is 1. The Morgan fingerprint density at radius 3 is 2.65 bits per heavy atom. The number of ether oxygens (including phenoxy) is 2. The number of hydrogen-bond donors (Lipinski definition) is 0. The Kier molecular flexibility index (Phi) is 3.08. The molecule has 0 radical (unpaired) electrons. The van der Waals surface area contributed by atoms with Gasteiger partial charge in [-0.2, -0.15) is 0 Å². The molecule has 0 unspecified atom stereocenters. The minimum atomic E-state index is -0.160. The lowest BCUT2D eigenvalue weighted by Crippen LogP contribution is -2.12. The average molecular weight is 231 g/mol. The number of rotatable bonds is 4. The summed E-state index contributed by atoms with van der Waals surface area (Å²) in [5, 5.41) is 0. The highest BCUT2D eigenvalue weighted by Gasteiger charge is 2.46. The first-order valence-corrected chi connectivity index (χ1v) is 5.68. The van der Waals surface area contributed by atoms with E-state index in [4.69, 9.17) is 15.9 Å². The van der Waals surface area contributed by atoms with Gasteiger partial charge in [0.25, 0.3) is 0 Å². The molecule has 0 saturated heterocycles. The summed E-state index contributed by atoms with van der Waals surface area (Å²) in [6.45, 7) is 2.45. The van der Waals surface area contributed by atoms with Crippen molar-refractivity contribution < 1.29 is 9.47 Å². The summed E-state index contributed by atoms with van der Waals surface area (Å²) < 4.78 is 10.7. The van der Waals surface area contributed by atoms with E-state index in [1.807, 2.05) is 13.1 Å². The number of pyridine rings is 1. The van der Waals surface area contributed by atoms with Gasteiger partial charge in [-0.3, -0.25) is 4.98 Å². The maximum atomic E-state index is 5.67. The number of aromatic nitrogens is 1. The second-order valence-electron chi connectivity index (χ2n) is 4.44. The predicted molar refractivity (Wildman–Crippen MR) is 66.0 cm³/mol. The third-order valence-electron chi connectivity index (χ3n) is 3.30. The summed E-state index contributed by atoms with van der Waals surface area (Å²) in [5.74, 6) is 3.72. The average Bonchev–Trinajstić information content (AvgIpc) is 3.12. The Morgan fingerprint density at radius 1 is 1.47 bits per heavy atom. The molecule has 1 aromatic rings. The topological polar surface area (TPSA) is 31.4 Å². The molecule has 0 aromatic carbocycles. The van der Waals surface area contributed by atoms with Crippen molar-refractivity contribution in [1.82, 2.24) is 4.98 Å². The Morgan fingerprint density at radius 2 is 2.18 bits per heavy atom. The lowest BCUT2D eigenvalue weighted by atomic mass is 9.91. The van der Waals surface area contributed by atoms with Crippen molar-refractivity contribution in [2.45, 2.75) is 31.8 Å². The second kappa shape index (κ2) is 4.38. The third-order valence-corrected chi connectivity index (χ3v) is 3.30. The fraction of sp³-hybridized carbons (Fsp3) is 0.500. The number of terminal acetylenes is 1. The first-order valence-electron chi connectivity index (χ1n) is 5.68. The van der Waals surface area contributed by atoms with Crippen LogP contribution in [0.15, 0.2) is 6.20 Å². The molecule has 1 aliphatic carbocycles. The zero-order valence-electron chi connectivity index (χ0n) is 10.5. The fourth-order valence-corrected chi connectivity index (χ4v) is 2.26. The minimum Gasteiger partial charge on any atom is -0.494 e. The normalized spacial score (nSPS) is 16.4. The van der Waals surface area contributed by atoms with Crippen LogP contribution in [0.25, 0.3) is 0 Å². The molecule has 0 aliphatic heterocycles. The summed E-state index contributed by atoms with van der Waals surface area (Å²) in [4.78, 5) is 4.33. The summed E-state index contributed by atoms with van der Waals surface area (Å²) in [7, 11) is 3.34. The molecule has 17 heavy (non-hydrogen) atoms. The van der Waals surface area contributed by atoms with Crippen molar-refractivity contribution in [2.24, 2.45) is 0 Å². The predicted octanol–water partition coefficient (Wildman–Crippen LogP) is 2.21. The van der Waals surface area contributed by atoms with Crippen LogP contribution >= 0.6 is 0 Å². The highest BCUT2D eigenvalue weighted by molar-refractivity contribution is 5.54. The Labute approximate surface area is 102 Å². The number of methoxy groups -OCH3 is 2. The van der Waals surface area contributed by atoms with Crippen LogP contribution in [0.2, 0.25) is 0 Å². The zero-order chi connectivity index (χ0) is 12.5. The third kappa shape index (κ3) is 1.89. The molecule has 3 heteroatoms. The van der Waals surface area contributed by atoms with Crippen molar-refractivity contribution in [3.05, 3.63) is 23.0 Å².